The Morgan fingerprint density at radius 1 is 0.968 bits per heavy atom. The van der Waals surface area contributed by atoms with E-state index in [2.05, 4.69) is 21.2 Å². The highest BCUT2D eigenvalue weighted by Crippen LogP contribution is 2.25. The highest BCUT2D eigenvalue weighted by molar-refractivity contribution is 9.10. The van der Waals surface area contributed by atoms with Gasteiger partial charge in [0.05, 0.1) is 0 Å². The predicted octanol–water partition coefficient (Wildman–Crippen LogP) is 4.92. The number of hydrogen-bond donors (Lipinski definition) is 1. The first-order valence-corrected chi connectivity index (χ1v) is 11.1. The molecule has 0 radical (unpaired) electrons. The third kappa shape index (κ3) is 6.07. The van der Waals surface area contributed by atoms with Crippen LogP contribution in [0.5, 0.6) is 5.75 Å². The van der Waals surface area contributed by atoms with Crippen LogP contribution in [0.25, 0.3) is 10.8 Å². The third-order valence-electron chi connectivity index (χ3n) is 4.97. The van der Waals surface area contributed by atoms with Crippen LogP contribution in [0.4, 0.5) is 0 Å². The van der Waals surface area contributed by atoms with E-state index in [1.807, 2.05) is 80.6 Å². The Kier molecular flexibility index (Phi) is 7.69. The summed E-state index contributed by atoms with van der Waals surface area (Å²) in [6, 6.07) is 20.7. The van der Waals surface area contributed by atoms with Crippen LogP contribution in [0.3, 0.4) is 0 Å². The molecule has 1 N–H and O–H groups in total. The number of carbonyl (C=O) groups is 2. The summed E-state index contributed by atoms with van der Waals surface area (Å²) >= 11 is 3.43. The Balaban J connectivity index is 1.78. The molecule has 1 atom stereocenters. The molecule has 0 heterocycles. The monoisotopic (exact) mass is 482 g/mol. The summed E-state index contributed by atoms with van der Waals surface area (Å²) in [5.41, 5.74) is 0.936. The van der Waals surface area contributed by atoms with E-state index in [4.69, 9.17) is 4.74 Å². The van der Waals surface area contributed by atoms with Crippen LogP contribution in [0.2, 0.25) is 0 Å². The predicted molar refractivity (Wildman–Crippen MR) is 127 cm³/mol. The van der Waals surface area contributed by atoms with Gasteiger partial charge in [-0.3, -0.25) is 9.59 Å². The van der Waals surface area contributed by atoms with Crippen molar-refractivity contribution in [2.45, 2.75) is 39.4 Å². The van der Waals surface area contributed by atoms with E-state index >= 15 is 0 Å². The fourth-order valence-corrected chi connectivity index (χ4v) is 3.58. The maximum absolute atomic E-state index is 13.2. The zero-order valence-electron chi connectivity index (χ0n) is 18.0. The van der Waals surface area contributed by atoms with Crippen molar-refractivity contribution in [1.29, 1.82) is 0 Å². The van der Waals surface area contributed by atoms with Crippen LogP contribution in [-0.4, -0.2) is 35.4 Å². The average Bonchev–Trinajstić information content (AvgIpc) is 2.76. The Morgan fingerprint density at radius 3 is 2.35 bits per heavy atom. The zero-order valence-corrected chi connectivity index (χ0v) is 19.6. The molecule has 31 heavy (non-hydrogen) atoms. The van der Waals surface area contributed by atoms with Gasteiger partial charge in [-0.25, -0.2) is 0 Å². The maximum atomic E-state index is 13.2. The Morgan fingerprint density at radius 2 is 1.65 bits per heavy atom. The van der Waals surface area contributed by atoms with Gasteiger partial charge in [-0.15, -0.1) is 0 Å². The highest BCUT2D eigenvalue weighted by Gasteiger charge is 2.27. The molecular weight excluding hydrogens is 456 g/mol. The van der Waals surface area contributed by atoms with Crippen molar-refractivity contribution in [1.82, 2.24) is 10.2 Å². The number of ether oxygens (including phenoxy) is 1. The summed E-state index contributed by atoms with van der Waals surface area (Å²) < 4.78 is 6.86. The van der Waals surface area contributed by atoms with E-state index in [1.54, 1.807) is 11.8 Å². The lowest BCUT2D eigenvalue weighted by Crippen LogP contribution is -2.50. The van der Waals surface area contributed by atoms with Crippen LogP contribution in [0.1, 0.15) is 26.3 Å². The second-order valence-electron chi connectivity index (χ2n) is 7.75. The van der Waals surface area contributed by atoms with Crippen LogP contribution < -0.4 is 10.1 Å². The third-order valence-corrected chi connectivity index (χ3v) is 5.49. The van der Waals surface area contributed by atoms with Crippen molar-refractivity contribution in [3.8, 4) is 5.75 Å². The lowest BCUT2D eigenvalue weighted by atomic mass is 10.1. The summed E-state index contributed by atoms with van der Waals surface area (Å²) in [6.45, 7) is 5.71. The van der Waals surface area contributed by atoms with Crippen molar-refractivity contribution in [2.75, 3.05) is 6.61 Å². The smallest absolute Gasteiger partial charge is 0.261 e. The molecule has 0 aliphatic carbocycles. The topological polar surface area (TPSA) is 58.6 Å². The number of fused-ring (bicyclic) bond motifs is 1. The normalized spacial score (nSPS) is 11.9. The molecule has 0 bridgehead atoms. The molecule has 0 fully saturated rings. The molecule has 162 valence electrons. The standard InChI is InChI=1S/C25H27BrN2O3/c1-17(2)27-25(30)18(3)28(15-19-11-13-21(26)14-12-19)24(29)16-31-23-10-6-8-20-7-4-5-9-22(20)23/h4-14,17-18H,15-16H2,1-3H3,(H,27,30)/t18-/m1/s1. The molecule has 6 heteroatoms. The molecule has 0 aliphatic heterocycles. The van der Waals surface area contributed by atoms with Gasteiger partial charge in [-0.2, -0.15) is 0 Å². The molecule has 2 amide bonds. The SMILES string of the molecule is CC(C)NC(=O)[C@@H](C)N(Cc1ccc(Br)cc1)C(=O)COc1cccc2ccccc12. The molecule has 0 saturated carbocycles. The van der Waals surface area contributed by atoms with E-state index in [1.165, 1.54) is 0 Å². The van der Waals surface area contributed by atoms with Gasteiger partial charge in [0.25, 0.3) is 5.91 Å². The quantitative estimate of drug-likeness (QED) is 0.495. The molecule has 0 aromatic heterocycles. The minimum Gasteiger partial charge on any atom is -0.483 e. The minimum absolute atomic E-state index is 0.00786. The molecule has 0 spiro atoms. The van der Waals surface area contributed by atoms with Crippen LogP contribution in [0.15, 0.2) is 71.2 Å². The van der Waals surface area contributed by atoms with Gasteiger partial charge in [-0.1, -0.05) is 64.5 Å². The van der Waals surface area contributed by atoms with Crippen LogP contribution in [0, 0.1) is 0 Å². The Labute approximate surface area is 191 Å². The van der Waals surface area contributed by atoms with Gasteiger partial charge in [0.2, 0.25) is 5.91 Å². The summed E-state index contributed by atoms with van der Waals surface area (Å²) in [4.78, 5) is 27.4. The Bertz CT molecular complexity index is 1040. The lowest BCUT2D eigenvalue weighted by molar-refractivity contribution is -0.142. The van der Waals surface area contributed by atoms with E-state index in [9.17, 15) is 9.59 Å². The molecule has 3 rings (SSSR count). The van der Waals surface area contributed by atoms with Gasteiger partial charge in [0, 0.05) is 22.4 Å². The number of carbonyl (C=O) groups excluding carboxylic acids is 2. The van der Waals surface area contributed by atoms with Crippen LogP contribution in [-0.2, 0) is 16.1 Å². The first kappa shape index (κ1) is 22.8. The summed E-state index contributed by atoms with van der Waals surface area (Å²) in [5, 5.41) is 4.88. The molecule has 0 aliphatic rings. The van der Waals surface area contributed by atoms with Gasteiger partial charge >= 0.3 is 0 Å². The summed E-state index contributed by atoms with van der Waals surface area (Å²) in [6.07, 6.45) is 0. The van der Waals surface area contributed by atoms with Gasteiger partial charge < -0.3 is 15.0 Å². The van der Waals surface area contributed by atoms with Crippen molar-refractivity contribution in [2.24, 2.45) is 0 Å². The van der Waals surface area contributed by atoms with Crippen molar-refractivity contribution in [3.63, 3.8) is 0 Å². The minimum atomic E-state index is -0.630. The second kappa shape index (κ2) is 10.4. The Hall–Kier alpha value is -2.86. The van der Waals surface area contributed by atoms with Gasteiger partial charge in [0.1, 0.15) is 11.8 Å². The van der Waals surface area contributed by atoms with Crippen molar-refractivity contribution >= 4 is 38.5 Å². The fourth-order valence-electron chi connectivity index (χ4n) is 3.32. The van der Waals surface area contributed by atoms with Gasteiger partial charge in [0.15, 0.2) is 6.61 Å². The number of nitrogens with zero attached hydrogens (tertiary/aromatic N) is 1. The number of nitrogens with one attached hydrogen (secondary N) is 1. The molecule has 0 unspecified atom stereocenters. The molecule has 3 aromatic carbocycles. The number of rotatable bonds is 8. The van der Waals surface area contributed by atoms with E-state index in [0.29, 0.717) is 12.3 Å². The summed E-state index contributed by atoms with van der Waals surface area (Å²) in [7, 11) is 0. The molecule has 0 saturated heterocycles. The largest absolute Gasteiger partial charge is 0.483 e. The average molecular weight is 483 g/mol. The number of amides is 2. The number of hydrogen-bond acceptors (Lipinski definition) is 3. The molecule has 5 nitrogen and oxygen atoms in total. The van der Waals surface area contributed by atoms with Crippen LogP contribution >= 0.6 is 15.9 Å². The molecular formula is C25H27BrN2O3. The summed E-state index contributed by atoms with van der Waals surface area (Å²) in [5.74, 6) is 0.210. The van der Waals surface area contributed by atoms with Crippen molar-refractivity contribution < 1.29 is 14.3 Å². The lowest BCUT2D eigenvalue weighted by Gasteiger charge is -2.29. The van der Waals surface area contributed by atoms with E-state index < -0.39 is 6.04 Å². The fraction of sp³-hybridized carbons (Fsp3) is 0.280. The number of halogens is 1. The van der Waals surface area contributed by atoms with E-state index in [-0.39, 0.29) is 24.5 Å². The zero-order chi connectivity index (χ0) is 22.4. The number of benzene rings is 3. The first-order chi connectivity index (χ1) is 14.8. The second-order valence-corrected chi connectivity index (χ2v) is 8.67. The van der Waals surface area contributed by atoms with Gasteiger partial charge in [-0.05, 0) is 49.9 Å². The van der Waals surface area contributed by atoms with E-state index in [0.717, 1.165) is 20.8 Å². The van der Waals surface area contributed by atoms with Crippen molar-refractivity contribution in [3.05, 3.63) is 76.8 Å². The maximum Gasteiger partial charge on any atom is 0.261 e. The first-order valence-electron chi connectivity index (χ1n) is 10.3. The molecule has 3 aromatic rings. The highest BCUT2D eigenvalue weighted by atomic mass is 79.9.